The van der Waals surface area contributed by atoms with Crippen LogP contribution in [0.2, 0.25) is 0 Å². The van der Waals surface area contributed by atoms with E-state index in [9.17, 15) is 29.1 Å². The number of amides is 2. The number of rotatable bonds is 7. The minimum atomic E-state index is -1.55. The fourth-order valence-electron chi connectivity index (χ4n) is 8.93. The molecule has 0 aromatic heterocycles. The van der Waals surface area contributed by atoms with E-state index in [2.05, 4.69) is 17.6 Å². The van der Waals surface area contributed by atoms with E-state index in [-0.39, 0.29) is 35.9 Å². The molecule has 1 heterocycles. The van der Waals surface area contributed by atoms with E-state index in [1.165, 1.54) is 5.57 Å². The van der Waals surface area contributed by atoms with Crippen LogP contribution in [0.3, 0.4) is 0 Å². The lowest BCUT2D eigenvalue weighted by Gasteiger charge is -2.58. The minimum absolute atomic E-state index is 0.0186. The maximum atomic E-state index is 13.4. The molecule has 5 aliphatic rings. The Kier molecular flexibility index (Phi) is 7.98. The van der Waals surface area contributed by atoms with Gasteiger partial charge in [-0.3, -0.25) is 24.0 Å². The van der Waals surface area contributed by atoms with Crippen molar-refractivity contribution in [3.63, 3.8) is 0 Å². The van der Waals surface area contributed by atoms with Crippen molar-refractivity contribution in [2.75, 3.05) is 13.2 Å². The van der Waals surface area contributed by atoms with E-state index < -0.39 is 41.3 Å². The van der Waals surface area contributed by atoms with Crippen molar-refractivity contribution in [3.8, 4) is 0 Å². The Labute approximate surface area is 236 Å². The van der Waals surface area contributed by atoms with Gasteiger partial charge in [-0.05, 0) is 93.5 Å². The molecule has 1 saturated heterocycles. The number of aliphatic hydroxyl groups is 1. The molecule has 0 aromatic carbocycles. The van der Waals surface area contributed by atoms with Crippen LogP contribution in [0, 0.1) is 28.6 Å². The summed E-state index contributed by atoms with van der Waals surface area (Å²) in [6.45, 7) is 4.43. The van der Waals surface area contributed by atoms with Gasteiger partial charge in [0, 0.05) is 24.8 Å². The molecule has 1 aliphatic heterocycles. The van der Waals surface area contributed by atoms with Crippen LogP contribution in [0.4, 0.5) is 0 Å². The van der Waals surface area contributed by atoms with E-state index in [4.69, 9.17) is 4.74 Å². The number of ketones is 2. The third kappa shape index (κ3) is 5.03. The highest BCUT2D eigenvalue weighted by molar-refractivity contribution is 5.92. The van der Waals surface area contributed by atoms with Gasteiger partial charge in [0.25, 0.3) is 0 Å². The van der Waals surface area contributed by atoms with Crippen LogP contribution in [0.1, 0.15) is 97.3 Å². The van der Waals surface area contributed by atoms with Crippen molar-refractivity contribution in [2.45, 2.75) is 109 Å². The zero-order chi connectivity index (χ0) is 28.7. The van der Waals surface area contributed by atoms with Gasteiger partial charge in [0.15, 0.2) is 12.4 Å². The van der Waals surface area contributed by atoms with Crippen molar-refractivity contribution in [3.05, 3.63) is 11.6 Å². The Morgan fingerprint density at radius 2 is 1.77 bits per heavy atom. The number of ether oxygens (including phenoxy) is 1. The minimum Gasteiger partial charge on any atom is -0.458 e. The van der Waals surface area contributed by atoms with Crippen molar-refractivity contribution >= 4 is 29.4 Å². The second kappa shape index (κ2) is 11.0. The third-order valence-corrected chi connectivity index (χ3v) is 11.4. The van der Waals surface area contributed by atoms with Gasteiger partial charge in [0.1, 0.15) is 11.6 Å². The molecule has 9 heteroatoms. The Balaban J connectivity index is 1.15. The first-order valence-corrected chi connectivity index (χ1v) is 15.2. The Bertz CT molecular complexity index is 1120. The van der Waals surface area contributed by atoms with Gasteiger partial charge in [-0.15, -0.1) is 0 Å². The quantitative estimate of drug-likeness (QED) is 0.410. The van der Waals surface area contributed by atoms with Gasteiger partial charge in [0.2, 0.25) is 17.6 Å². The molecule has 7 atom stereocenters. The van der Waals surface area contributed by atoms with Crippen LogP contribution in [0.5, 0.6) is 0 Å². The normalized spacial score (nSPS) is 39.0. The maximum Gasteiger partial charge on any atom is 0.306 e. The standard InChI is InChI=1S/C31H44N2O7/c1-29-13-10-20(34)17-19(29)6-7-21-22(29)11-14-30(2)23(21)12-15-31(30,39)25(35)18-40-27(37)9-8-26(36)33-24-5-3-4-16-32-28(24)38/h17,21-24,39H,3-16,18H2,1-2H3,(H,32,38)(H,33,36)/t21?,22?,23?,24-,29-,30-,31-/m0/s1. The zero-order valence-corrected chi connectivity index (χ0v) is 23.9. The molecule has 40 heavy (non-hydrogen) atoms. The predicted molar refractivity (Wildman–Crippen MR) is 146 cm³/mol. The fourth-order valence-corrected chi connectivity index (χ4v) is 8.93. The van der Waals surface area contributed by atoms with Crippen LogP contribution >= 0.6 is 0 Å². The summed E-state index contributed by atoms with van der Waals surface area (Å²) in [5.74, 6) is -0.476. The van der Waals surface area contributed by atoms with Crippen molar-refractivity contribution in [2.24, 2.45) is 28.6 Å². The second-order valence-corrected chi connectivity index (χ2v) is 13.3. The lowest BCUT2D eigenvalue weighted by atomic mass is 9.46. The summed E-state index contributed by atoms with van der Waals surface area (Å²) < 4.78 is 5.24. The molecule has 4 aliphatic carbocycles. The molecule has 3 saturated carbocycles. The maximum absolute atomic E-state index is 13.4. The number of Topliss-reactive ketones (excluding diaryl/α,β-unsaturated/α-hetero) is 1. The first-order chi connectivity index (χ1) is 19.0. The van der Waals surface area contributed by atoms with E-state index in [0.717, 1.165) is 51.4 Å². The zero-order valence-electron chi connectivity index (χ0n) is 23.9. The third-order valence-electron chi connectivity index (χ3n) is 11.4. The number of esters is 1. The van der Waals surface area contributed by atoms with Gasteiger partial charge in [-0.1, -0.05) is 19.4 Å². The summed E-state index contributed by atoms with van der Waals surface area (Å²) in [5, 5.41) is 17.2. The van der Waals surface area contributed by atoms with Gasteiger partial charge < -0.3 is 20.5 Å². The van der Waals surface area contributed by atoms with E-state index >= 15 is 0 Å². The summed E-state index contributed by atoms with van der Waals surface area (Å²) in [6, 6.07) is -0.594. The average molecular weight is 557 g/mol. The molecule has 3 unspecified atom stereocenters. The summed E-state index contributed by atoms with van der Waals surface area (Å²) in [7, 11) is 0. The molecule has 9 nitrogen and oxygen atoms in total. The highest BCUT2D eigenvalue weighted by Crippen LogP contribution is 2.67. The highest BCUT2D eigenvalue weighted by atomic mass is 16.5. The lowest BCUT2D eigenvalue weighted by molar-refractivity contribution is -0.170. The van der Waals surface area contributed by atoms with Gasteiger partial charge in [-0.25, -0.2) is 0 Å². The van der Waals surface area contributed by atoms with Gasteiger partial charge in [0.05, 0.1) is 6.42 Å². The number of nitrogens with one attached hydrogen (secondary N) is 2. The van der Waals surface area contributed by atoms with Crippen LogP contribution in [0.15, 0.2) is 11.6 Å². The first-order valence-electron chi connectivity index (χ1n) is 15.2. The van der Waals surface area contributed by atoms with Crippen LogP contribution in [0.25, 0.3) is 0 Å². The molecule has 0 radical (unpaired) electrons. The molecule has 3 N–H and O–H groups in total. The monoisotopic (exact) mass is 556 g/mol. The van der Waals surface area contributed by atoms with Crippen LogP contribution in [-0.2, 0) is 28.7 Å². The predicted octanol–water partition coefficient (Wildman–Crippen LogP) is 2.93. The number of allylic oxidation sites excluding steroid dienone is 1. The van der Waals surface area contributed by atoms with E-state index in [1.807, 2.05) is 13.0 Å². The summed E-state index contributed by atoms with van der Waals surface area (Å²) >= 11 is 0. The Hall–Kier alpha value is -2.55. The second-order valence-electron chi connectivity index (χ2n) is 13.3. The summed E-state index contributed by atoms with van der Waals surface area (Å²) in [5.41, 5.74) is -0.827. The van der Waals surface area contributed by atoms with Crippen LogP contribution in [-0.4, -0.2) is 59.3 Å². The highest BCUT2D eigenvalue weighted by Gasteiger charge is 2.66. The Morgan fingerprint density at radius 3 is 2.58 bits per heavy atom. The number of hydrogen-bond acceptors (Lipinski definition) is 7. The van der Waals surface area contributed by atoms with Crippen molar-refractivity contribution < 1.29 is 33.8 Å². The van der Waals surface area contributed by atoms with E-state index in [1.54, 1.807) is 0 Å². The van der Waals surface area contributed by atoms with Crippen molar-refractivity contribution in [1.82, 2.24) is 10.6 Å². The molecule has 220 valence electrons. The molecular formula is C31H44N2O7. The molecule has 0 bridgehead atoms. The number of fused-ring (bicyclic) bond motifs is 5. The molecule has 0 spiro atoms. The van der Waals surface area contributed by atoms with E-state index in [0.29, 0.717) is 37.6 Å². The SMILES string of the molecule is C[C@]12CCC(=O)C=C1CCC1C2CC[C@@]2(C)C1CC[C@]2(O)C(=O)COC(=O)CCC(=O)N[C@H]1CCCCNC1=O. The molecule has 4 fully saturated rings. The lowest BCUT2D eigenvalue weighted by Crippen LogP contribution is -2.58. The first kappa shape index (κ1) is 29.0. The van der Waals surface area contributed by atoms with Gasteiger partial charge in [-0.2, -0.15) is 0 Å². The van der Waals surface area contributed by atoms with Crippen molar-refractivity contribution in [1.29, 1.82) is 0 Å². The van der Waals surface area contributed by atoms with Gasteiger partial charge >= 0.3 is 5.97 Å². The molecule has 2 amide bonds. The molecule has 0 aromatic rings. The number of carbonyl (C=O) groups excluding carboxylic acids is 5. The number of hydrogen-bond donors (Lipinski definition) is 3. The smallest absolute Gasteiger partial charge is 0.306 e. The Morgan fingerprint density at radius 1 is 1.00 bits per heavy atom. The summed E-state index contributed by atoms with van der Waals surface area (Å²) in [6.07, 6.45) is 9.91. The van der Waals surface area contributed by atoms with Crippen LogP contribution < -0.4 is 10.6 Å². The summed E-state index contributed by atoms with van der Waals surface area (Å²) in [4.78, 5) is 62.2. The molecule has 5 rings (SSSR count). The topological polar surface area (TPSA) is 139 Å². The number of carbonyl (C=O) groups is 5. The largest absolute Gasteiger partial charge is 0.458 e. The fraction of sp³-hybridized carbons (Fsp3) is 0.774. The average Bonchev–Trinajstić information content (AvgIpc) is 3.05. The molecular weight excluding hydrogens is 512 g/mol.